The number of carbonyl (C=O) groups is 1. The summed E-state index contributed by atoms with van der Waals surface area (Å²) in [6.07, 6.45) is -1.92. The Morgan fingerprint density at radius 3 is 2.63 bits per heavy atom. The Morgan fingerprint density at radius 1 is 1.10 bits per heavy atom. The number of aromatic nitrogens is 1. The molecule has 30 heavy (non-hydrogen) atoms. The fourth-order valence-corrected chi connectivity index (χ4v) is 3.65. The number of alkyl halides is 2. The summed E-state index contributed by atoms with van der Waals surface area (Å²) in [5.41, 5.74) is 1.89. The van der Waals surface area contributed by atoms with Gasteiger partial charge in [-0.05, 0) is 24.3 Å². The Balaban J connectivity index is 1.56. The topological polar surface area (TPSA) is 45.7 Å². The van der Waals surface area contributed by atoms with Crippen LogP contribution >= 0.6 is 0 Å². The van der Waals surface area contributed by atoms with Crippen LogP contribution in [0.25, 0.3) is 10.9 Å². The van der Waals surface area contributed by atoms with Crippen LogP contribution in [0, 0.1) is 0 Å². The summed E-state index contributed by atoms with van der Waals surface area (Å²) in [7, 11) is 3.68. The summed E-state index contributed by atoms with van der Waals surface area (Å²) >= 11 is 0. The van der Waals surface area contributed by atoms with Crippen LogP contribution in [-0.4, -0.2) is 55.0 Å². The maximum atomic E-state index is 14.6. The summed E-state index contributed by atoms with van der Waals surface area (Å²) < 4.78 is 34.8. The molecule has 0 aliphatic carbocycles. The van der Waals surface area contributed by atoms with E-state index in [0.29, 0.717) is 11.1 Å². The van der Waals surface area contributed by atoms with E-state index in [4.69, 9.17) is 4.74 Å². The Morgan fingerprint density at radius 2 is 1.83 bits per heavy atom. The number of amides is 1. The molecule has 4 rings (SSSR count). The molecule has 0 spiro atoms. The van der Waals surface area contributed by atoms with Crippen molar-refractivity contribution in [1.82, 2.24) is 9.88 Å². The zero-order valence-electron chi connectivity index (χ0n) is 16.9. The van der Waals surface area contributed by atoms with Crippen molar-refractivity contribution >= 4 is 22.5 Å². The number of ether oxygens (including phenoxy) is 1. The molecule has 1 amide bonds. The van der Waals surface area contributed by atoms with Crippen LogP contribution in [-0.2, 0) is 0 Å². The number of likely N-dealkylation sites (tertiary alicyclic amines) is 1. The third kappa shape index (κ3) is 3.92. The SMILES string of the molecule is CN(C)c1ccccc1C(=O)N1CCC(F)(F)C(Oc2ccc3ccccc3n2)C1. The zero-order valence-corrected chi connectivity index (χ0v) is 16.9. The fraction of sp³-hybridized carbons (Fsp3) is 0.304. The van der Waals surface area contributed by atoms with Crippen molar-refractivity contribution in [2.24, 2.45) is 0 Å². The minimum atomic E-state index is -3.05. The molecular formula is C23H23F2N3O2. The third-order valence-corrected chi connectivity index (χ3v) is 5.31. The van der Waals surface area contributed by atoms with E-state index in [2.05, 4.69) is 4.98 Å². The van der Waals surface area contributed by atoms with Crippen molar-refractivity contribution < 1.29 is 18.3 Å². The molecule has 2 aromatic carbocycles. The quantitative estimate of drug-likeness (QED) is 0.645. The molecular weight excluding hydrogens is 388 g/mol. The van der Waals surface area contributed by atoms with E-state index in [1.165, 1.54) is 4.90 Å². The van der Waals surface area contributed by atoms with Crippen LogP contribution in [0.15, 0.2) is 60.7 Å². The summed E-state index contributed by atoms with van der Waals surface area (Å²) in [6.45, 7) is -0.235. The Bertz CT molecular complexity index is 1070. The lowest BCUT2D eigenvalue weighted by Crippen LogP contribution is -2.55. The van der Waals surface area contributed by atoms with Gasteiger partial charge in [0.2, 0.25) is 5.88 Å². The van der Waals surface area contributed by atoms with Crippen LogP contribution in [0.5, 0.6) is 5.88 Å². The average molecular weight is 411 g/mol. The van der Waals surface area contributed by atoms with Crippen LogP contribution in [0.1, 0.15) is 16.8 Å². The predicted octanol–water partition coefficient (Wildman–Crippen LogP) is 4.23. The van der Waals surface area contributed by atoms with Gasteiger partial charge in [0.05, 0.1) is 17.6 Å². The first-order valence-corrected chi connectivity index (χ1v) is 9.81. The van der Waals surface area contributed by atoms with Crippen molar-refractivity contribution in [2.45, 2.75) is 18.4 Å². The molecule has 1 fully saturated rings. The number of hydrogen-bond acceptors (Lipinski definition) is 4. The van der Waals surface area contributed by atoms with Gasteiger partial charge in [-0.3, -0.25) is 4.79 Å². The van der Waals surface area contributed by atoms with Gasteiger partial charge >= 0.3 is 0 Å². The summed E-state index contributed by atoms with van der Waals surface area (Å²) in [5.74, 6) is -3.21. The molecule has 0 saturated carbocycles. The minimum absolute atomic E-state index is 0.0292. The first-order valence-electron chi connectivity index (χ1n) is 9.81. The second-order valence-corrected chi connectivity index (χ2v) is 7.62. The number of rotatable bonds is 4. The molecule has 0 radical (unpaired) electrons. The van der Waals surface area contributed by atoms with E-state index < -0.39 is 18.4 Å². The number of fused-ring (bicyclic) bond motifs is 1. The van der Waals surface area contributed by atoms with Gasteiger partial charge in [0.1, 0.15) is 0 Å². The lowest BCUT2D eigenvalue weighted by atomic mass is 10.0. The highest BCUT2D eigenvalue weighted by atomic mass is 19.3. The van der Waals surface area contributed by atoms with Crippen LogP contribution in [0.4, 0.5) is 14.5 Å². The molecule has 1 aliphatic rings. The molecule has 5 nitrogen and oxygen atoms in total. The van der Waals surface area contributed by atoms with Gasteiger partial charge in [0, 0.05) is 44.2 Å². The molecule has 3 aromatic rings. The van der Waals surface area contributed by atoms with Crippen molar-refractivity contribution in [2.75, 3.05) is 32.1 Å². The van der Waals surface area contributed by atoms with Gasteiger partial charge in [0.25, 0.3) is 11.8 Å². The lowest BCUT2D eigenvalue weighted by Gasteiger charge is -2.38. The molecule has 2 heterocycles. The number of para-hydroxylation sites is 2. The number of anilines is 1. The number of carbonyl (C=O) groups excluding carboxylic acids is 1. The first kappa shape index (κ1) is 20.1. The number of halogens is 2. The van der Waals surface area contributed by atoms with Crippen LogP contribution < -0.4 is 9.64 Å². The largest absolute Gasteiger partial charge is 0.466 e. The van der Waals surface area contributed by atoms with Gasteiger partial charge in [-0.25, -0.2) is 13.8 Å². The summed E-state index contributed by atoms with van der Waals surface area (Å²) in [5, 5.41) is 0.900. The van der Waals surface area contributed by atoms with Crippen molar-refractivity contribution in [3.05, 3.63) is 66.2 Å². The molecule has 1 unspecified atom stereocenters. The van der Waals surface area contributed by atoms with E-state index in [1.54, 1.807) is 30.3 Å². The van der Waals surface area contributed by atoms with E-state index in [1.807, 2.05) is 49.3 Å². The maximum absolute atomic E-state index is 14.6. The van der Waals surface area contributed by atoms with E-state index in [0.717, 1.165) is 11.1 Å². The van der Waals surface area contributed by atoms with Gasteiger partial charge in [-0.2, -0.15) is 0 Å². The number of nitrogens with zero attached hydrogens (tertiary/aromatic N) is 3. The molecule has 7 heteroatoms. The van der Waals surface area contributed by atoms with E-state index >= 15 is 0 Å². The lowest BCUT2D eigenvalue weighted by molar-refractivity contribution is -0.131. The summed E-state index contributed by atoms with van der Waals surface area (Å²) in [4.78, 5) is 20.7. The molecule has 1 aliphatic heterocycles. The Hall–Kier alpha value is -3.22. The second kappa shape index (κ2) is 7.89. The zero-order chi connectivity index (χ0) is 21.3. The minimum Gasteiger partial charge on any atom is -0.466 e. The van der Waals surface area contributed by atoms with Gasteiger partial charge < -0.3 is 14.5 Å². The third-order valence-electron chi connectivity index (χ3n) is 5.31. The second-order valence-electron chi connectivity index (χ2n) is 7.62. The van der Waals surface area contributed by atoms with Crippen LogP contribution in [0.3, 0.4) is 0 Å². The number of piperidine rings is 1. The standard InChI is InChI=1S/C23H23F2N3O2/c1-27(2)19-10-6-4-8-17(19)22(29)28-14-13-23(24,25)20(15-28)30-21-12-11-16-7-3-5-9-18(16)26-21/h3-12,20H,13-15H2,1-2H3. The molecule has 0 bridgehead atoms. The van der Waals surface area contributed by atoms with Crippen molar-refractivity contribution in [1.29, 1.82) is 0 Å². The molecule has 0 N–H and O–H groups in total. The van der Waals surface area contributed by atoms with E-state index in [9.17, 15) is 13.6 Å². The highest BCUT2D eigenvalue weighted by Crippen LogP contribution is 2.33. The van der Waals surface area contributed by atoms with E-state index in [-0.39, 0.29) is 24.9 Å². The molecule has 156 valence electrons. The Kier molecular flexibility index (Phi) is 5.28. The smallest absolute Gasteiger partial charge is 0.287 e. The molecule has 1 saturated heterocycles. The number of pyridine rings is 1. The van der Waals surface area contributed by atoms with Gasteiger partial charge in [-0.1, -0.05) is 30.3 Å². The highest BCUT2D eigenvalue weighted by Gasteiger charge is 2.47. The highest BCUT2D eigenvalue weighted by molar-refractivity contribution is 5.99. The average Bonchev–Trinajstić information content (AvgIpc) is 2.74. The van der Waals surface area contributed by atoms with Gasteiger partial charge in [0.15, 0.2) is 6.10 Å². The number of benzene rings is 2. The molecule has 1 atom stereocenters. The van der Waals surface area contributed by atoms with Crippen LogP contribution in [0.2, 0.25) is 0 Å². The molecule has 1 aromatic heterocycles. The maximum Gasteiger partial charge on any atom is 0.287 e. The normalized spacial score (nSPS) is 18.3. The summed E-state index contributed by atoms with van der Waals surface area (Å²) in [6, 6.07) is 17.9. The van der Waals surface area contributed by atoms with Gasteiger partial charge in [-0.15, -0.1) is 0 Å². The van der Waals surface area contributed by atoms with Crippen molar-refractivity contribution in [3.63, 3.8) is 0 Å². The van der Waals surface area contributed by atoms with Crippen molar-refractivity contribution in [3.8, 4) is 5.88 Å². The Labute approximate surface area is 173 Å². The monoisotopic (exact) mass is 411 g/mol. The first-order chi connectivity index (χ1) is 14.3. The predicted molar refractivity (Wildman–Crippen MR) is 112 cm³/mol. The number of hydrogen-bond donors (Lipinski definition) is 0. The fourth-order valence-electron chi connectivity index (χ4n) is 3.65.